The van der Waals surface area contributed by atoms with E-state index < -0.39 is 0 Å². The Morgan fingerprint density at radius 3 is 2.26 bits per heavy atom. The maximum absolute atomic E-state index is 5.28. The highest BCUT2D eigenvalue weighted by atomic mass is 16.5. The summed E-state index contributed by atoms with van der Waals surface area (Å²) in [5.41, 5.74) is 3.54. The van der Waals surface area contributed by atoms with Gasteiger partial charge in [0.15, 0.2) is 0 Å². The van der Waals surface area contributed by atoms with Crippen molar-refractivity contribution in [2.24, 2.45) is 0 Å². The molecule has 0 heterocycles. The van der Waals surface area contributed by atoms with Crippen molar-refractivity contribution in [1.82, 2.24) is 5.32 Å². The first-order valence-corrected chi connectivity index (χ1v) is 6.37. The smallest absolute Gasteiger partial charge is 0.119 e. The van der Waals surface area contributed by atoms with Gasteiger partial charge in [0, 0.05) is 12.7 Å². The van der Waals surface area contributed by atoms with E-state index in [9.17, 15) is 0 Å². The van der Waals surface area contributed by atoms with Gasteiger partial charge in [-0.15, -0.1) is 0 Å². The average Bonchev–Trinajstić information content (AvgIpc) is 2.49. The summed E-state index contributed by atoms with van der Waals surface area (Å²) in [6.45, 7) is 0. The van der Waals surface area contributed by atoms with Crippen molar-refractivity contribution < 1.29 is 4.74 Å². The van der Waals surface area contributed by atoms with E-state index in [1.54, 1.807) is 7.11 Å². The third-order valence-corrected chi connectivity index (χ3v) is 3.25. The average molecular weight is 256 g/mol. The molecule has 0 amide bonds. The van der Waals surface area contributed by atoms with Gasteiger partial charge in [-0.1, -0.05) is 24.3 Å². The van der Waals surface area contributed by atoms with Gasteiger partial charge in [0.05, 0.1) is 13.2 Å². The van der Waals surface area contributed by atoms with Crippen LogP contribution in [0.4, 0.5) is 5.69 Å². The van der Waals surface area contributed by atoms with E-state index in [0.29, 0.717) is 0 Å². The summed E-state index contributed by atoms with van der Waals surface area (Å²) < 4.78 is 5.28. The van der Waals surface area contributed by atoms with Crippen molar-refractivity contribution in [3.8, 4) is 5.75 Å². The molecular weight excluding hydrogens is 236 g/mol. The lowest BCUT2D eigenvalue weighted by molar-refractivity contribution is 0.414. The van der Waals surface area contributed by atoms with E-state index in [0.717, 1.165) is 11.4 Å². The molecule has 0 aliphatic heterocycles. The fraction of sp³-hybridized carbons (Fsp3) is 0.250. The zero-order chi connectivity index (χ0) is 13.7. The molecule has 100 valence electrons. The molecule has 19 heavy (non-hydrogen) atoms. The van der Waals surface area contributed by atoms with Crippen molar-refractivity contribution in [1.29, 1.82) is 0 Å². The van der Waals surface area contributed by atoms with Crippen molar-refractivity contribution >= 4 is 5.69 Å². The van der Waals surface area contributed by atoms with E-state index in [1.807, 2.05) is 26.2 Å². The first kappa shape index (κ1) is 13.4. The molecule has 3 nitrogen and oxygen atoms in total. The van der Waals surface area contributed by atoms with Crippen LogP contribution in [-0.4, -0.2) is 21.2 Å². The summed E-state index contributed by atoms with van der Waals surface area (Å²) in [5, 5.41) is 6.48. The summed E-state index contributed by atoms with van der Waals surface area (Å²) in [6, 6.07) is 16.7. The van der Waals surface area contributed by atoms with Crippen LogP contribution < -0.4 is 15.4 Å². The highest BCUT2D eigenvalue weighted by molar-refractivity contribution is 5.46. The van der Waals surface area contributed by atoms with Crippen molar-refractivity contribution in [3.05, 3.63) is 59.7 Å². The quantitative estimate of drug-likeness (QED) is 0.862. The number of nitrogens with one attached hydrogen (secondary N) is 2. The SMILES string of the molecule is CNc1ccc(C(NC)c2cccc(OC)c2)cc1. The Morgan fingerprint density at radius 1 is 0.947 bits per heavy atom. The third-order valence-electron chi connectivity index (χ3n) is 3.25. The van der Waals surface area contributed by atoms with Gasteiger partial charge in [0.1, 0.15) is 5.75 Å². The third kappa shape index (κ3) is 3.06. The van der Waals surface area contributed by atoms with Crippen LogP contribution in [0.25, 0.3) is 0 Å². The maximum atomic E-state index is 5.28. The summed E-state index contributed by atoms with van der Waals surface area (Å²) >= 11 is 0. The fourth-order valence-electron chi connectivity index (χ4n) is 2.19. The molecule has 0 aliphatic rings. The van der Waals surface area contributed by atoms with Crippen LogP contribution in [0.15, 0.2) is 48.5 Å². The molecule has 1 atom stereocenters. The zero-order valence-electron chi connectivity index (χ0n) is 11.6. The number of anilines is 1. The zero-order valence-corrected chi connectivity index (χ0v) is 11.6. The lowest BCUT2D eigenvalue weighted by Gasteiger charge is -2.18. The van der Waals surface area contributed by atoms with Gasteiger partial charge in [-0.2, -0.15) is 0 Å². The molecule has 0 radical (unpaired) electrons. The second kappa shape index (κ2) is 6.25. The Bertz CT molecular complexity index is 523. The molecule has 0 aliphatic carbocycles. The molecule has 2 aromatic carbocycles. The molecule has 0 spiro atoms. The van der Waals surface area contributed by atoms with E-state index in [1.165, 1.54) is 11.1 Å². The monoisotopic (exact) mass is 256 g/mol. The lowest BCUT2D eigenvalue weighted by atomic mass is 9.98. The van der Waals surface area contributed by atoms with Crippen LogP contribution in [-0.2, 0) is 0 Å². The largest absolute Gasteiger partial charge is 0.497 e. The molecule has 1 unspecified atom stereocenters. The highest BCUT2D eigenvalue weighted by Crippen LogP contribution is 2.25. The first-order chi connectivity index (χ1) is 9.28. The van der Waals surface area contributed by atoms with Crippen molar-refractivity contribution in [2.75, 3.05) is 26.5 Å². The number of ether oxygens (including phenoxy) is 1. The Hall–Kier alpha value is -2.00. The molecule has 0 saturated carbocycles. The Balaban J connectivity index is 2.31. The number of hydrogen-bond acceptors (Lipinski definition) is 3. The minimum absolute atomic E-state index is 0.168. The normalized spacial score (nSPS) is 11.9. The maximum Gasteiger partial charge on any atom is 0.119 e. The second-order valence-electron chi connectivity index (χ2n) is 4.37. The molecule has 2 aromatic rings. The number of rotatable bonds is 5. The molecule has 2 rings (SSSR count). The van der Waals surface area contributed by atoms with E-state index in [-0.39, 0.29) is 6.04 Å². The van der Waals surface area contributed by atoms with Gasteiger partial charge in [-0.3, -0.25) is 0 Å². The van der Waals surface area contributed by atoms with E-state index >= 15 is 0 Å². The molecule has 0 fully saturated rings. The number of methoxy groups -OCH3 is 1. The summed E-state index contributed by atoms with van der Waals surface area (Å²) in [5.74, 6) is 0.879. The second-order valence-corrected chi connectivity index (χ2v) is 4.37. The van der Waals surface area contributed by atoms with Gasteiger partial charge in [0.25, 0.3) is 0 Å². The van der Waals surface area contributed by atoms with Gasteiger partial charge in [-0.25, -0.2) is 0 Å². The van der Waals surface area contributed by atoms with Crippen molar-refractivity contribution in [3.63, 3.8) is 0 Å². The summed E-state index contributed by atoms with van der Waals surface area (Å²) in [7, 11) is 5.58. The van der Waals surface area contributed by atoms with Crippen molar-refractivity contribution in [2.45, 2.75) is 6.04 Å². The standard InChI is InChI=1S/C16H20N2O/c1-17-14-9-7-12(8-10-14)16(18-2)13-5-4-6-15(11-13)19-3/h4-11,16-18H,1-3H3. The minimum Gasteiger partial charge on any atom is -0.497 e. The predicted molar refractivity (Wildman–Crippen MR) is 79.9 cm³/mol. The summed E-state index contributed by atoms with van der Waals surface area (Å²) in [6.07, 6.45) is 0. The first-order valence-electron chi connectivity index (χ1n) is 6.37. The molecule has 3 heteroatoms. The Labute approximate surface area is 114 Å². The van der Waals surface area contributed by atoms with E-state index in [4.69, 9.17) is 4.74 Å². The molecule has 2 N–H and O–H groups in total. The molecule has 0 aromatic heterocycles. The lowest BCUT2D eigenvalue weighted by Crippen LogP contribution is -2.17. The van der Waals surface area contributed by atoms with Crippen LogP contribution in [0.3, 0.4) is 0 Å². The molecule has 0 bridgehead atoms. The van der Waals surface area contributed by atoms with E-state index in [2.05, 4.69) is 47.0 Å². The van der Waals surface area contributed by atoms with Crippen LogP contribution in [0.5, 0.6) is 5.75 Å². The number of benzene rings is 2. The van der Waals surface area contributed by atoms with Gasteiger partial charge < -0.3 is 15.4 Å². The van der Waals surface area contributed by atoms with Crippen LogP contribution in [0, 0.1) is 0 Å². The van der Waals surface area contributed by atoms with Gasteiger partial charge in [-0.05, 0) is 42.4 Å². The predicted octanol–water partition coefficient (Wildman–Crippen LogP) is 3.05. The fourth-order valence-corrected chi connectivity index (χ4v) is 2.19. The Kier molecular flexibility index (Phi) is 4.42. The molecule has 0 saturated heterocycles. The van der Waals surface area contributed by atoms with Crippen LogP contribution >= 0.6 is 0 Å². The molecular formula is C16H20N2O. The van der Waals surface area contributed by atoms with Gasteiger partial charge >= 0.3 is 0 Å². The Morgan fingerprint density at radius 2 is 1.68 bits per heavy atom. The van der Waals surface area contributed by atoms with Crippen LogP contribution in [0.1, 0.15) is 17.2 Å². The highest BCUT2D eigenvalue weighted by Gasteiger charge is 2.12. The number of hydrogen-bond donors (Lipinski definition) is 2. The topological polar surface area (TPSA) is 33.3 Å². The van der Waals surface area contributed by atoms with Crippen LogP contribution in [0.2, 0.25) is 0 Å². The summed E-state index contributed by atoms with van der Waals surface area (Å²) in [4.78, 5) is 0. The minimum atomic E-state index is 0.168. The van der Waals surface area contributed by atoms with Gasteiger partial charge in [0.2, 0.25) is 0 Å².